The highest BCUT2D eigenvalue weighted by atomic mass is 32.2. The summed E-state index contributed by atoms with van der Waals surface area (Å²) in [7, 11) is -1.18. The molecule has 0 spiro atoms. The average molecular weight is 457 g/mol. The molecule has 0 amide bonds. The van der Waals surface area contributed by atoms with Crippen LogP contribution in [-0.2, 0) is 27.9 Å². The molecule has 0 unspecified atom stereocenters. The van der Waals surface area contributed by atoms with Crippen molar-refractivity contribution in [1.29, 1.82) is 0 Å². The number of carbonyl (C=O) groups is 1. The van der Waals surface area contributed by atoms with E-state index in [2.05, 4.69) is 5.32 Å². The summed E-state index contributed by atoms with van der Waals surface area (Å²) < 4.78 is 39.3. The second-order valence-corrected chi connectivity index (χ2v) is 8.42. The first-order chi connectivity index (χ1) is 15.3. The van der Waals surface area contributed by atoms with Gasteiger partial charge in [0.05, 0.1) is 24.7 Å². The van der Waals surface area contributed by atoms with E-state index in [1.54, 1.807) is 7.11 Å². The molecule has 9 heteroatoms. The molecule has 3 rings (SSSR count). The zero-order chi connectivity index (χ0) is 23.1. The van der Waals surface area contributed by atoms with Crippen LogP contribution in [0.2, 0.25) is 0 Å². The summed E-state index contributed by atoms with van der Waals surface area (Å²) in [6.07, 6.45) is 0. The molecule has 0 atom stereocenters. The first-order valence-corrected chi connectivity index (χ1v) is 11.2. The lowest BCUT2D eigenvalue weighted by Gasteiger charge is -2.14. The molecule has 3 aromatic carbocycles. The minimum atomic E-state index is -3.96. The SMILES string of the molecule is COC(=O)c1cc(S(N)(=O)=O)ccc1NCc1ccc(OCc2ccccc2)c(OC)c1. The van der Waals surface area contributed by atoms with Gasteiger partial charge in [-0.3, -0.25) is 0 Å². The van der Waals surface area contributed by atoms with E-state index in [0.29, 0.717) is 30.3 Å². The van der Waals surface area contributed by atoms with Crippen LogP contribution in [0.5, 0.6) is 11.5 Å². The Labute approximate surface area is 187 Å². The monoisotopic (exact) mass is 456 g/mol. The molecule has 8 nitrogen and oxygen atoms in total. The number of sulfonamides is 1. The fourth-order valence-corrected chi connectivity index (χ4v) is 3.55. The highest BCUT2D eigenvalue weighted by Gasteiger charge is 2.17. The fourth-order valence-electron chi connectivity index (χ4n) is 3.01. The van der Waals surface area contributed by atoms with Crippen molar-refractivity contribution in [2.45, 2.75) is 18.0 Å². The molecule has 3 aromatic rings. The number of carbonyl (C=O) groups excluding carboxylic acids is 1. The molecule has 0 aliphatic carbocycles. The number of esters is 1. The zero-order valence-corrected chi connectivity index (χ0v) is 18.5. The van der Waals surface area contributed by atoms with Crippen molar-refractivity contribution >= 4 is 21.7 Å². The Morgan fingerprint density at radius 1 is 0.938 bits per heavy atom. The summed E-state index contributed by atoms with van der Waals surface area (Å²) in [4.78, 5) is 11.9. The Kier molecular flexibility index (Phi) is 7.34. The maximum atomic E-state index is 12.1. The summed E-state index contributed by atoms with van der Waals surface area (Å²) >= 11 is 0. The lowest BCUT2D eigenvalue weighted by Crippen LogP contribution is -2.15. The predicted molar refractivity (Wildman–Crippen MR) is 120 cm³/mol. The number of primary sulfonamides is 1. The van der Waals surface area contributed by atoms with Crippen LogP contribution in [0.25, 0.3) is 0 Å². The number of nitrogens with two attached hydrogens (primary N) is 1. The standard InChI is InChI=1S/C23H24N2O6S/c1-29-22-12-17(8-11-21(22)31-15-16-6-4-3-5-7-16)14-25-20-10-9-18(32(24,27)28)13-19(20)23(26)30-2/h3-13,25H,14-15H2,1-2H3,(H2,24,27,28). The molecule has 0 saturated carbocycles. The molecule has 32 heavy (non-hydrogen) atoms. The number of anilines is 1. The van der Waals surface area contributed by atoms with E-state index in [4.69, 9.17) is 19.3 Å². The van der Waals surface area contributed by atoms with Crippen LogP contribution in [-0.4, -0.2) is 28.6 Å². The van der Waals surface area contributed by atoms with Gasteiger partial charge < -0.3 is 19.5 Å². The second kappa shape index (κ2) is 10.2. The highest BCUT2D eigenvalue weighted by Crippen LogP contribution is 2.29. The molecule has 0 aromatic heterocycles. The normalized spacial score (nSPS) is 11.0. The third-order valence-electron chi connectivity index (χ3n) is 4.67. The van der Waals surface area contributed by atoms with E-state index in [1.165, 1.54) is 25.3 Å². The number of ether oxygens (including phenoxy) is 3. The number of nitrogens with one attached hydrogen (secondary N) is 1. The summed E-state index contributed by atoms with van der Waals surface area (Å²) in [5.74, 6) is 0.492. The van der Waals surface area contributed by atoms with Gasteiger partial charge in [0, 0.05) is 12.2 Å². The third-order valence-corrected chi connectivity index (χ3v) is 5.58. The first kappa shape index (κ1) is 23.1. The van der Waals surface area contributed by atoms with E-state index in [0.717, 1.165) is 11.1 Å². The average Bonchev–Trinajstić information content (AvgIpc) is 2.81. The smallest absolute Gasteiger partial charge is 0.340 e. The molecule has 0 aliphatic rings. The topological polar surface area (TPSA) is 117 Å². The number of benzene rings is 3. The summed E-state index contributed by atoms with van der Waals surface area (Å²) in [5.41, 5.74) is 2.38. The van der Waals surface area contributed by atoms with Crippen molar-refractivity contribution in [2.75, 3.05) is 19.5 Å². The van der Waals surface area contributed by atoms with Crippen LogP contribution in [0.3, 0.4) is 0 Å². The van der Waals surface area contributed by atoms with Crippen molar-refractivity contribution in [3.8, 4) is 11.5 Å². The Morgan fingerprint density at radius 2 is 1.69 bits per heavy atom. The molecular formula is C23H24N2O6S. The van der Waals surface area contributed by atoms with Crippen molar-refractivity contribution in [1.82, 2.24) is 0 Å². The molecule has 0 aliphatic heterocycles. The van der Waals surface area contributed by atoms with Gasteiger partial charge in [-0.15, -0.1) is 0 Å². The van der Waals surface area contributed by atoms with Crippen LogP contribution in [0.4, 0.5) is 5.69 Å². The minimum Gasteiger partial charge on any atom is -0.493 e. The van der Waals surface area contributed by atoms with Gasteiger partial charge in [-0.1, -0.05) is 36.4 Å². The maximum absolute atomic E-state index is 12.1. The van der Waals surface area contributed by atoms with E-state index in [9.17, 15) is 13.2 Å². The second-order valence-electron chi connectivity index (χ2n) is 6.86. The Bertz CT molecular complexity index is 1200. The molecule has 0 bridgehead atoms. The van der Waals surface area contributed by atoms with Gasteiger partial charge in [-0.05, 0) is 41.5 Å². The van der Waals surface area contributed by atoms with Gasteiger partial charge in [-0.2, -0.15) is 0 Å². The number of hydrogen-bond acceptors (Lipinski definition) is 7. The van der Waals surface area contributed by atoms with Crippen LogP contribution in [0.1, 0.15) is 21.5 Å². The number of methoxy groups -OCH3 is 2. The summed E-state index contributed by atoms with van der Waals surface area (Å²) in [6.45, 7) is 0.752. The Balaban J connectivity index is 1.75. The van der Waals surface area contributed by atoms with Crippen molar-refractivity contribution < 1.29 is 27.4 Å². The Hall–Kier alpha value is -3.56. The molecular weight excluding hydrogens is 432 g/mol. The third kappa shape index (κ3) is 5.77. The lowest BCUT2D eigenvalue weighted by atomic mass is 10.1. The van der Waals surface area contributed by atoms with Gasteiger partial charge in [0.2, 0.25) is 10.0 Å². The Morgan fingerprint density at radius 3 is 2.34 bits per heavy atom. The first-order valence-electron chi connectivity index (χ1n) is 9.64. The van der Waals surface area contributed by atoms with E-state index in [1.807, 2.05) is 48.5 Å². The van der Waals surface area contributed by atoms with Crippen molar-refractivity contribution in [3.05, 3.63) is 83.4 Å². The van der Waals surface area contributed by atoms with E-state index >= 15 is 0 Å². The molecule has 168 valence electrons. The zero-order valence-electron chi connectivity index (χ0n) is 17.7. The van der Waals surface area contributed by atoms with Gasteiger partial charge in [0.15, 0.2) is 11.5 Å². The molecule has 0 radical (unpaired) electrons. The summed E-state index contributed by atoms with van der Waals surface area (Å²) in [6, 6.07) is 19.3. The van der Waals surface area contributed by atoms with Crippen molar-refractivity contribution in [2.24, 2.45) is 5.14 Å². The van der Waals surface area contributed by atoms with Crippen LogP contribution >= 0.6 is 0 Å². The van der Waals surface area contributed by atoms with Gasteiger partial charge in [-0.25, -0.2) is 18.4 Å². The molecule has 0 saturated heterocycles. The van der Waals surface area contributed by atoms with Gasteiger partial charge in [0.25, 0.3) is 0 Å². The van der Waals surface area contributed by atoms with Crippen LogP contribution in [0, 0.1) is 0 Å². The molecule has 0 heterocycles. The quantitative estimate of drug-likeness (QED) is 0.474. The number of rotatable bonds is 9. The van der Waals surface area contributed by atoms with Gasteiger partial charge >= 0.3 is 5.97 Å². The molecule has 0 fully saturated rings. The van der Waals surface area contributed by atoms with Crippen LogP contribution in [0.15, 0.2) is 71.6 Å². The van der Waals surface area contributed by atoms with Crippen molar-refractivity contribution in [3.63, 3.8) is 0 Å². The maximum Gasteiger partial charge on any atom is 0.340 e. The highest BCUT2D eigenvalue weighted by molar-refractivity contribution is 7.89. The number of hydrogen-bond donors (Lipinski definition) is 2. The van der Waals surface area contributed by atoms with Crippen LogP contribution < -0.4 is 19.9 Å². The largest absolute Gasteiger partial charge is 0.493 e. The van der Waals surface area contributed by atoms with E-state index in [-0.39, 0.29) is 10.5 Å². The van der Waals surface area contributed by atoms with Gasteiger partial charge in [0.1, 0.15) is 6.61 Å². The summed E-state index contributed by atoms with van der Waals surface area (Å²) in [5, 5.41) is 8.28. The minimum absolute atomic E-state index is 0.0637. The molecule has 3 N–H and O–H groups in total. The lowest BCUT2D eigenvalue weighted by molar-refractivity contribution is 0.0601. The van der Waals surface area contributed by atoms with E-state index < -0.39 is 16.0 Å². The predicted octanol–water partition coefficient (Wildman–Crippen LogP) is 3.32. The fraction of sp³-hybridized carbons (Fsp3) is 0.174.